The maximum Gasteiger partial charge on any atom is 0.334 e. The molecule has 1 unspecified atom stereocenters. The van der Waals surface area contributed by atoms with Crippen LogP contribution in [0.4, 0.5) is 0 Å². The average Bonchev–Trinajstić information content (AvgIpc) is 2.35. The van der Waals surface area contributed by atoms with Crippen molar-refractivity contribution in [2.24, 2.45) is 5.92 Å². The second-order valence-electron chi connectivity index (χ2n) is 2.53. The van der Waals surface area contributed by atoms with E-state index in [0.29, 0.717) is 12.5 Å². The predicted octanol–water partition coefficient (Wildman–Crippen LogP) is 0.880. The second kappa shape index (κ2) is 1.59. The van der Waals surface area contributed by atoms with Crippen LogP contribution in [0.1, 0.15) is 12.8 Å². The van der Waals surface area contributed by atoms with Crippen molar-refractivity contribution >= 4 is 5.97 Å². The minimum Gasteiger partial charge on any atom is -0.462 e. The van der Waals surface area contributed by atoms with Crippen molar-refractivity contribution in [1.82, 2.24) is 0 Å². The van der Waals surface area contributed by atoms with Crippen LogP contribution in [0.15, 0.2) is 11.6 Å². The average molecular weight is 124 g/mol. The first-order chi connectivity index (χ1) is 4.38. The lowest BCUT2D eigenvalue weighted by Crippen LogP contribution is -1.95. The number of esters is 1. The first kappa shape index (κ1) is 5.03. The summed E-state index contributed by atoms with van der Waals surface area (Å²) in [7, 11) is 0. The summed E-state index contributed by atoms with van der Waals surface area (Å²) in [6.45, 7) is 0.630. The molecule has 1 heterocycles. The van der Waals surface area contributed by atoms with E-state index in [1.165, 1.54) is 0 Å². The molecule has 2 nitrogen and oxygen atoms in total. The van der Waals surface area contributed by atoms with Gasteiger partial charge in [-0.25, -0.2) is 4.79 Å². The zero-order valence-electron chi connectivity index (χ0n) is 5.09. The lowest BCUT2D eigenvalue weighted by molar-refractivity contribution is -0.135. The minimum absolute atomic E-state index is 0.0856. The topological polar surface area (TPSA) is 26.3 Å². The Balaban J connectivity index is 2.32. The molecule has 1 aliphatic heterocycles. The van der Waals surface area contributed by atoms with Crippen molar-refractivity contribution in [2.45, 2.75) is 12.8 Å². The van der Waals surface area contributed by atoms with Crippen LogP contribution < -0.4 is 0 Å². The molecule has 48 valence electrons. The molecule has 0 aromatic rings. The Hall–Kier alpha value is -0.790. The summed E-state index contributed by atoms with van der Waals surface area (Å²) in [6, 6.07) is 0. The smallest absolute Gasteiger partial charge is 0.334 e. The van der Waals surface area contributed by atoms with E-state index >= 15 is 0 Å². The first-order valence-electron chi connectivity index (χ1n) is 3.25. The second-order valence-corrected chi connectivity index (χ2v) is 2.53. The van der Waals surface area contributed by atoms with E-state index in [-0.39, 0.29) is 5.97 Å². The van der Waals surface area contributed by atoms with Crippen LogP contribution in [0, 0.1) is 5.92 Å². The van der Waals surface area contributed by atoms with Crippen LogP contribution >= 0.6 is 0 Å². The normalized spacial score (nSPS) is 31.8. The summed E-state index contributed by atoms with van der Waals surface area (Å²) in [6.07, 6.45) is 4.18. The zero-order chi connectivity index (χ0) is 6.27. The van der Waals surface area contributed by atoms with Crippen molar-refractivity contribution in [3.05, 3.63) is 11.6 Å². The number of ether oxygens (including phenoxy) is 1. The van der Waals surface area contributed by atoms with Crippen LogP contribution in [0.3, 0.4) is 0 Å². The van der Waals surface area contributed by atoms with Crippen LogP contribution in [0.25, 0.3) is 0 Å². The standard InChI is InChI=1S/C7H8O2/c8-7-6-3-1-2-5(6)4-9-7/h3,5H,1-2,4H2. The predicted molar refractivity (Wildman–Crippen MR) is 31.8 cm³/mol. The molecule has 0 aromatic carbocycles. The molecular formula is C7H8O2. The van der Waals surface area contributed by atoms with Crippen molar-refractivity contribution in [2.75, 3.05) is 6.61 Å². The maximum atomic E-state index is 10.8. The first-order valence-corrected chi connectivity index (χ1v) is 3.25. The number of hydrogen-bond donors (Lipinski definition) is 0. The van der Waals surface area contributed by atoms with Gasteiger partial charge in [0.05, 0.1) is 6.61 Å². The van der Waals surface area contributed by atoms with Crippen molar-refractivity contribution in [3.8, 4) is 0 Å². The number of hydrogen-bond acceptors (Lipinski definition) is 2. The Bertz CT molecular complexity index is 181. The summed E-state index contributed by atoms with van der Waals surface area (Å²) >= 11 is 0. The van der Waals surface area contributed by atoms with Crippen LogP contribution in [0.5, 0.6) is 0 Å². The molecule has 0 bridgehead atoms. The molecule has 0 amide bonds. The van der Waals surface area contributed by atoms with Gasteiger partial charge in [-0.1, -0.05) is 6.08 Å². The van der Waals surface area contributed by atoms with Gasteiger partial charge in [-0.15, -0.1) is 0 Å². The van der Waals surface area contributed by atoms with E-state index in [9.17, 15) is 4.79 Å². The fraction of sp³-hybridized carbons (Fsp3) is 0.571. The summed E-state index contributed by atoms with van der Waals surface area (Å²) in [4.78, 5) is 10.8. The molecule has 2 aliphatic rings. The van der Waals surface area contributed by atoms with E-state index in [1.807, 2.05) is 6.08 Å². The zero-order valence-corrected chi connectivity index (χ0v) is 5.09. The van der Waals surface area contributed by atoms with Gasteiger partial charge in [-0.2, -0.15) is 0 Å². The molecular weight excluding hydrogens is 116 g/mol. The highest BCUT2D eigenvalue weighted by molar-refractivity contribution is 5.91. The van der Waals surface area contributed by atoms with E-state index in [0.717, 1.165) is 18.4 Å². The molecule has 0 saturated carbocycles. The molecule has 0 spiro atoms. The molecule has 0 N–H and O–H groups in total. The Kier molecular flexibility index (Phi) is 0.891. The van der Waals surface area contributed by atoms with Gasteiger partial charge in [-0.05, 0) is 12.8 Å². The number of allylic oxidation sites excluding steroid dienone is 1. The van der Waals surface area contributed by atoms with Crippen molar-refractivity contribution in [1.29, 1.82) is 0 Å². The van der Waals surface area contributed by atoms with Gasteiger partial charge in [0, 0.05) is 11.5 Å². The molecule has 0 aromatic heterocycles. The van der Waals surface area contributed by atoms with Crippen molar-refractivity contribution < 1.29 is 9.53 Å². The molecule has 1 atom stereocenters. The molecule has 0 radical (unpaired) electrons. The third-order valence-corrected chi connectivity index (χ3v) is 1.97. The van der Waals surface area contributed by atoms with Crippen molar-refractivity contribution in [3.63, 3.8) is 0 Å². The Labute approximate surface area is 53.5 Å². The van der Waals surface area contributed by atoms with E-state index in [4.69, 9.17) is 4.74 Å². The van der Waals surface area contributed by atoms with Gasteiger partial charge in [0.2, 0.25) is 0 Å². The SMILES string of the molecule is O=C1OCC2CCC=C12. The van der Waals surface area contributed by atoms with Gasteiger partial charge in [0.1, 0.15) is 0 Å². The number of fused-ring (bicyclic) bond motifs is 1. The van der Waals surface area contributed by atoms with E-state index < -0.39 is 0 Å². The Morgan fingerprint density at radius 1 is 1.67 bits per heavy atom. The Morgan fingerprint density at radius 3 is 3.33 bits per heavy atom. The third kappa shape index (κ3) is 0.590. The molecule has 2 heteroatoms. The molecule has 2 rings (SSSR count). The van der Waals surface area contributed by atoms with Gasteiger partial charge in [0.25, 0.3) is 0 Å². The summed E-state index contributed by atoms with van der Waals surface area (Å²) in [5.74, 6) is 0.356. The molecule has 1 aliphatic carbocycles. The third-order valence-electron chi connectivity index (χ3n) is 1.97. The summed E-state index contributed by atoms with van der Waals surface area (Å²) in [5.41, 5.74) is 0.926. The van der Waals surface area contributed by atoms with Crippen LogP contribution in [0.2, 0.25) is 0 Å². The quantitative estimate of drug-likeness (QED) is 0.448. The number of carbonyl (C=O) groups is 1. The number of rotatable bonds is 0. The molecule has 1 saturated heterocycles. The monoisotopic (exact) mass is 124 g/mol. The fourth-order valence-corrected chi connectivity index (χ4v) is 1.44. The molecule has 1 fully saturated rings. The minimum atomic E-state index is -0.0856. The Morgan fingerprint density at radius 2 is 2.56 bits per heavy atom. The lowest BCUT2D eigenvalue weighted by Gasteiger charge is -1.94. The maximum absolute atomic E-state index is 10.8. The van der Waals surface area contributed by atoms with Gasteiger partial charge in [-0.3, -0.25) is 0 Å². The highest BCUT2D eigenvalue weighted by atomic mass is 16.5. The fourth-order valence-electron chi connectivity index (χ4n) is 1.44. The lowest BCUT2D eigenvalue weighted by atomic mass is 10.1. The van der Waals surface area contributed by atoms with Gasteiger partial charge in [0.15, 0.2) is 0 Å². The molecule has 9 heavy (non-hydrogen) atoms. The van der Waals surface area contributed by atoms with Gasteiger partial charge >= 0.3 is 5.97 Å². The van der Waals surface area contributed by atoms with E-state index in [1.54, 1.807) is 0 Å². The van der Waals surface area contributed by atoms with Crippen LogP contribution in [-0.2, 0) is 9.53 Å². The number of carbonyl (C=O) groups excluding carboxylic acids is 1. The summed E-state index contributed by atoms with van der Waals surface area (Å²) < 4.78 is 4.81. The van der Waals surface area contributed by atoms with Gasteiger partial charge < -0.3 is 4.74 Å². The van der Waals surface area contributed by atoms with E-state index in [2.05, 4.69) is 0 Å². The highest BCUT2D eigenvalue weighted by Gasteiger charge is 2.32. The largest absolute Gasteiger partial charge is 0.462 e. The van der Waals surface area contributed by atoms with Crippen LogP contribution in [-0.4, -0.2) is 12.6 Å². The number of cyclic esters (lactones) is 1. The summed E-state index contributed by atoms with van der Waals surface area (Å²) in [5, 5.41) is 0. The highest BCUT2D eigenvalue weighted by Crippen LogP contribution is 2.31.